The topological polar surface area (TPSA) is 94.8 Å². The van der Waals surface area contributed by atoms with E-state index in [0.29, 0.717) is 48.2 Å². The van der Waals surface area contributed by atoms with Crippen molar-refractivity contribution in [2.24, 2.45) is 5.92 Å². The van der Waals surface area contributed by atoms with Gasteiger partial charge < -0.3 is 24.6 Å². The van der Waals surface area contributed by atoms with E-state index in [-0.39, 0.29) is 12.0 Å². The van der Waals surface area contributed by atoms with Crippen LogP contribution in [0.15, 0.2) is 29.2 Å². The minimum Gasteiger partial charge on any atom is -0.491 e. The Morgan fingerprint density at radius 1 is 1.24 bits per heavy atom. The Morgan fingerprint density at radius 2 is 2.07 bits per heavy atom. The molecule has 0 amide bonds. The minimum absolute atomic E-state index is 0.185. The predicted octanol–water partition coefficient (Wildman–Crippen LogP) is 3.58. The number of aromatic nitrogens is 2. The second kappa shape index (κ2) is 8.04. The standard InChI is InChI=1S/C21H27N3O5/c1-4-10-27-14-8-7-9-15-17(14)22-19-16(28-15)11-24(21(26)23-19)20-12(5-2)18(25)13(6-3)29-20/h7-9,11-13,18,20,25H,4-6,10H2,1-3H3,(H,22,23,26). The number of hydrogen-bond acceptors (Lipinski definition) is 7. The van der Waals surface area contributed by atoms with E-state index >= 15 is 0 Å². The first-order valence-electron chi connectivity index (χ1n) is 10.2. The number of para-hydroxylation sites is 1. The Balaban J connectivity index is 1.67. The highest BCUT2D eigenvalue weighted by Gasteiger charge is 2.43. The Kier molecular flexibility index (Phi) is 5.47. The van der Waals surface area contributed by atoms with Crippen LogP contribution in [-0.2, 0) is 4.74 Å². The van der Waals surface area contributed by atoms with Crippen molar-refractivity contribution in [3.05, 3.63) is 34.9 Å². The van der Waals surface area contributed by atoms with Crippen LogP contribution in [0.2, 0.25) is 0 Å². The van der Waals surface area contributed by atoms with Gasteiger partial charge in [0.2, 0.25) is 0 Å². The minimum atomic E-state index is -0.615. The lowest BCUT2D eigenvalue weighted by molar-refractivity contribution is -0.0260. The molecule has 29 heavy (non-hydrogen) atoms. The van der Waals surface area contributed by atoms with E-state index in [1.165, 1.54) is 4.57 Å². The number of nitrogens with zero attached hydrogens (tertiary/aromatic N) is 2. The quantitative estimate of drug-likeness (QED) is 0.652. The molecule has 8 heteroatoms. The summed E-state index contributed by atoms with van der Waals surface area (Å²) in [6.45, 7) is 6.55. The molecule has 4 atom stereocenters. The van der Waals surface area contributed by atoms with Gasteiger partial charge in [-0.05, 0) is 31.4 Å². The van der Waals surface area contributed by atoms with Crippen molar-refractivity contribution >= 4 is 11.5 Å². The molecule has 3 heterocycles. The first kappa shape index (κ1) is 19.7. The lowest BCUT2D eigenvalue weighted by Crippen LogP contribution is -2.32. The smallest absolute Gasteiger partial charge is 0.351 e. The third kappa shape index (κ3) is 3.47. The molecule has 0 spiro atoms. The van der Waals surface area contributed by atoms with Crippen LogP contribution in [0, 0.1) is 5.92 Å². The summed E-state index contributed by atoms with van der Waals surface area (Å²) in [7, 11) is 0. The largest absolute Gasteiger partial charge is 0.491 e. The van der Waals surface area contributed by atoms with Crippen molar-refractivity contribution in [3.63, 3.8) is 0 Å². The molecule has 0 bridgehead atoms. The van der Waals surface area contributed by atoms with Crippen LogP contribution in [-0.4, -0.2) is 33.5 Å². The molecule has 4 rings (SSSR count). The average Bonchev–Trinajstić information content (AvgIpc) is 3.05. The summed E-state index contributed by atoms with van der Waals surface area (Å²) in [5.41, 5.74) is 0.200. The molecule has 1 aromatic carbocycles. The number of fused-ring (bicyclic) bond motifs is 2. The zero-order valence-electron chi connectivity index (χ0n) is 16.9. The molecule has 2 aliphatic heterocycles. The van der Waals surface area contributed by atoms with Crippen molar-refractivity contribution in [1.82, 2.24) is 9.55 Å². The van der Waals surface area contributed by atoms with Gasteiger partial charge in [-0.15, -0.1) is 0 Å². The molecule has 2 aliphatic rings. The molecule has 1 saturated heterocycles. The van der Waals surface area contributed by atoms with Crippen molar-refractivity contribution in [3.8, 4) is 17.2 Å². The van der Waals surface area contributed by atoms with E-state index in [2.05, 4.69) is 10.3 Å². The van der Waals surface area contributed by atoms with Crippen molar-refractivity contribution in [2.45, 2.75) is 58.5 Å². The second-order valence-electron chi connectivity index (χ2n) is 7.38. The van der Waals surface area contributed by atoms with Gasteiger partial charge in [0, 0.05) is 5.92 Å². The van der Waals surface area contributed by atoms with E-state index < -0.39 is 18.0 Å². The number of aliphatic hydroxyl groups is 1. The maximum absolute atomic E-state index is 12.8. The summed E-state index contributed by atoms with van der Waals surface area (Å²) >= 11 is 0. The summed E-state index contributed by atoms with van der Waals surface area (Å²) in [5, 5.41) is 13.7. The number of rotatable bonds is 6. The Labute approximate surface area is 169 Å². The Bertz CT molecular complexity index is 944. The average molecular weight is 401 g/mol. The number of aliphatic hydroxyl groups excluding tert-OH is 1. The highest BCUT2D eigenvalue weighted by Crippen LogP contribution is 2.46. The number of benzene rings is 1. The fourth-order valence-corrected chi connectivity index (χ4v) is 3.94. The molecule has 1 fully saturated rings. The fourth-order valence-electron chi connectivity index (χ4n) is 3.94. The summed E-state index contributed by atoms with van der Waals surface area (Å²) < 4.78 is 19.2. The lowest BCUT2D eigenvalue weighted by atomic mass is 9.96. The molecule has 8 nitrogen and oxygen atoms in total. The number of ether oxygens (including phenoxy) is 3. The number of hydrogen-bond donors (Lipinski definition) is 2. The lowest BCUT2D eigenvalue weighted by Gasteiger charge is -2.25. The van der Waals surface area contributed by atoms with Gasteiger partial charge in [-0.2, -0.15) is 4.98 Å². The normalized spacial score (nSPS) is 25.0. The molecular weight excluding hydrogens is 374 g/mol. The highest BCUT2D eigenvalue weighted by molar-refractivity contribution is 5.77. The third-order valence-corrected chi connectivity index (χ3v) is 5.48. The molecule has 1 aromatic heterocycles. The fraction of sp³-hybridized carbons (Fsp3) is 0.524. The summed E-state index contributed by atoms with van der Waals surface area (Å²) in [6.07, 6.45) is 2.36. The molecule has 4 unspecified atom stereocenters. The van der Waals surface area contributed by atoms with Crippen LogP contribution in [0.25, 0.3) is 0 Å². The SMILES string of the molecule is CCCOc1cccc2c1Nc1nc(=O)n(C3OC(CC)C(O)C3CC)cc1O2. The molecule has 2 N–H and O–H groups in total. The first-order valence-corrected chi connectivity index (χ1v) is 10.2. The van der Waals surface area contributed by atoms with Crippen LogP contribution in [0.3, 0.4) is 0 Å². The van der Waals surface area contributed by atoms with E-state index in [4.69, 9.17) is 14.2 Å². The van der Waals surface area contributed by atoms with Crippen LogP contribution in [0.4, 0.5) is 11.5 Å². The number of anilines is 2. The molecular formula is C21H27N3O5. The zero-order valence-corrected chi connectivity index (χ0v) is 16.9. The Hall–Kier alpha value is -2.58. The monoisotopic (exact) mass is 401 g/mol. The second-order valence-corrected chi connectivity index (χ2v) is 7.38. The summed E-state index contributed by atoms with van der Waals surface area (Å²) in [6, 6.07) is 5.54. The van der Waals surface area contributed by atoms with E-state index in [1.54, 1.807) is 6.20 Å². The van der Waals surface area contributed by atoms with E-state index in [0.717, 1.165) is 6.42 Å². The maximum atomic E-state index is 12.8. The van der Waals surface area contributed by atoms with Crippen LogP contribution in [0.5, 0.6) is 17.2 Å². The molecule has 2 aromatic rings. The zero-order chi connectivity index (χ0) is 20.5. The van der Waals surface area contributed by atoms with Crippen molar-refractivity contribution in [1.29, 1.82) is 0 Å². The number of nitrogens with one attached hydrogen (secondary N) is 1. The van der Waals surface area contributed by atoms with E-state index in [1.807, 2.05) is 39.0 Å². The van der Waals surface area contributed by atoms with E-state index in [9.17, 15) is 9.90 Å². The van der Waals surface area contributed by atoms with Gasteiger partial charge in [-0.3, -0.25) is 4.57 Å². The third-order valence-electron chi connectivity index (χ3n) is 5.48. The van der Waals surface area contributed by atoms with Crippen molar-refractivity contribution in [2.75, 3.05) is 11.9 Å². The maximum Gasteiger partial charge on any atom is 0.351 e. The molecule has 0 saturated carbocycles. The van der Waals surface area contributed by atoms with Gasteiger partial charge >= 0.3 is 5.69 Å². The molecule has 156 valence electrons. The summed E-state index contributed by atoms with van der Waals surface area (Å²) in [4.78, 5) is 17.0. The summed E-state index contributed by atoms with van der Waals surface area (Å²) in [5.74, 6) is 1.84. The van der Waals surface area contributed by atoms with Gasteiger partial charge in [-0.25, -0.2) is 4.79 Å². The first-order chi connectivity index (χ1) is 14.1. The van der Waals surface area contributed by atoms with Gasteiger partial charge in [0.15, 0.2) is 17.3 Å². The van der Waals surface area contributed by atoms with Crippen LogP contribution in [0.1, 0.15) is 46.3 Å². The Morgan fingerprint density at radius 3 is 2.79 bits per heavy atom. The van der Waals surface area contributed by atoms with Crippen LogP contribution >= 0.6 is 0 Å². The van der Waals surface area contributed by atoms with Crippen LogP contribution < -0.4 is 20.5 Å². The predicted molar refractivity (Wildman–Crippen MR) is 108 cm³/mol. The highest BCUT2D eigenvalue weighted by atomic mass is 16.5. The van der Waals surface area contributed by atoms with Gasteiger partial charge in [-0.1, -0.05) is 26.8 Å². The van der Waals surface area contributed by atoms with Crippen molar-refractivity contribution < 1.29 is 19.3 Å². The molecule has 0 aliphatic carbocycles. The van der Waals surface area contributed by atoms with Gasteiger partial charge in [0.25, 0.3) is 0 Å². The van der Waals surface area contributed by atoms with Gasteiger partial charge in [0.05, 0.1) is 25.0 Å². The molecule has 0 radical (unpaired) electrons. The van der Waals surface area contributed by atoms with Gasteiger partial charge in [0.1, 0.15) is 17.7 Å².